The second-order valence-corrected chi connectivity index (χ2v) is 5.22. The quantitative estimate of drug-likeness (QED) is 0.796. The molecule has 0 aliphatic carbocycles. The molecular weight excluding hydrogens is 292 g/mol. The summed E-state index contributed by atoms with van der Waals surface area (Å²) in [7, 11) is 1.73. The Balaban J connectivity index is 1.84. The van der Waals surface area contributed by atoms with Gasteiger partial charge in [0.1, 0.15) is 0 Å². The van der Waals surface area contributed by atoms with E-state index in [1.807, 2.05) is 0 Å². The maximum atomic E-state index is 4.99. The van der Waals surface area contributed by atoms with Crippen molar-refractivity contribution in [2.45, 2.75) is 13.0 Å². The molecule has 0 saturated heterocycles. The van der Waals surface area contributed by atoms with Gasteiger partial charge in [0.2, 0.25) is 0 Å². The molecule has 0 amide bonds. The zero-order valence-corrected chi connectivity index (χ0v) is 12.2. The molecule has 2 aromatic rings. The topological polar surface area (TPSA) is 26.2 Å². The molecule has 1 aromatic carbocycles. The monoisotopic (exact) mass is 310 g/mol. The summed E-state index contributed by atoms with van der Waals surface area (Å²) in [5, 5.41) is 4.65. The number of aromatic nitrogens is 1. The van der Waals surface area contributed by atoms with E-state index in [2.05, 4.69) is 56.3 Å². The standard InChI is InChI=1S/C14H19BrN2O/c1-18-10-7-16-6-2-8-17-9-5-12-11-13(15)3-4-14(12)17/h3-5,9,11,16H,2,6-8,10H2,1H3. The average Bonchev–Trinajstić information content (AvgIpc) is 2.76. The number of halogens is 1. The molecule has 0 radical (unpaired) electrons. The lowest BCUT2D eigenvalue weighted by Gasteiger charge is -2.07. The molecule has 1 N–H and O–H groups in total. The van der Waals surface area contributed by atoms with E-state index >= 15 is 0 Å². The first-order chi connectivity index (χ1) is 8.81. The van der Waals surface area contributed by atoms with Gasteiger partial charge in [-0.2, -0.15) is 0 Å². The summed E-state index contributed by atoms with van der Waals surface area (Å²) in [6.45, 7) is 3.78. The number of ether oxygens (including phenoxy) is 1. The Bertz CT molecular complexity index is 495. The Morgan fingerprint density at radius 1 is 1.28 bits per heavy atom. The largest absolute Gasteiger partial charge is 0.383 e. The van der Waals surface area contributed by atoms with Crippen molar-refractivity contribution in [2.24, 2.45) is 0 Å². The van der Waals surface area contributed by atoms with Crippen molar-refractivity contribution in [3.63, 3.8) is 0 Å². The SMILES string of the molecule is COCCNCCCn1ccc2cc(Br)ccc21. The molecule has 0 aliphatic heterocycles. The molecule has 0 fully saturated rings. The van der Waals surface area contributed by atoms with E-state index in [4.69, 9.17) is 4.74 Å². The molecule has 0 bridgehead atoms. The van der Waals surface area contributed by atoms with Gasteiger partial charge in [0.15, 0.2) is 0 Å². The predicted molar refractivity (Wildman–Crippen MR) is 79.0 cm³/mol. The molecule has 98 valence electrons. The lowest BCUT2D eigenvalue weighted by atomic mass is 10.2. The third-order valence-electron chi connectivity index (χ3n) is 2.97. The van der Waals surface area contributed by atoms with Crippen LogP contribution in [0.3, 0.4) is 0 Å². The maximum Gasteiger partial charge on any atom is 0.0587 e. The summed E-state index contributed by atoms with van der Waals surface area (Å²) in [4.78, 5) is 0. The van der Waals surface area contributed by atoms with E-state index in [1.54, 1.807) is 7.11 Å². The molecule has 4 heteroatoms. The van der Waals surface area contributed by atoms with Gasteiger partial charge < -0.3 is 14.6 Å². The van der Waals surface area contributed by atoms with E-state index < -0.39 is 0 Å². The van der Waals surface area contributed by atoms with Crippen LogP contribution < -0.4 is 5.32 Å². The number of methoxy groups -OCH3 is 1. The fraction of sp³-hybridized carbons (Fsp3) is 0.429. The zero-order chi connectivity index (χ0) is 12.8. The summed E-state index contributed by atoms with van der Waals surface area (Å²) >= 11 is 3.50. The van der Waals surface area contributed by atoms with Crippen LogP contribution in [0.2, 0.25) is 0 Å². The summed E-state index contributed by atoms with van der Waals surface area (Å²) in [5.41, 5.74) is 1.30. The minimum atomic E-state index is 0.778. The van der Waals surface area contributed by atoms with Crippen LogP contribution in [0.1, 0.15) is 6.42 Å². The third kappa shape index (κ3) is 3.57. The fourth-order valence-corrected chi connectivity index (χ4v) is 2.42. The number of rotatable bonds is 7. The van der Waals surface area contributed by atoms with Crippen molar-refractivity contribution in [3.05, 3.63) is 34.9 Å². The predicted octanol–water partition coefficient (Wildman–Crippen LogP) is 3.03. The summed E-state index contributed by atoms with van der Waals surface area (Å²) in [6, 6.07) is 8.58. The van der Waals surface area contributed by atoms with E-state index in [9.17, 15) is 0 Å². The third-order valence-corrected chi connectivity index (χ3v) is 3.46. The first-order valence-electron chi connectivity index (χ1n) is 6.25. The highest BCUT2D eigenvalue weighted by Crippen LogP contribution is 2.20. The molecule has 0 unspecified atom stereocenters. The first-order valence-corrected chi connectivity index (χ1v) is 7.04. The Kier molecular flexibility index (Phi) is 5.23. The van der Waals surface area contributed by atoms with E-state index in [0.29, 0.717) is 0 Å². The van der Waals surface area contributed by atoms with Crippen molar-refractivity contribution in [1.29, 1.82) is 0 Å². The van der Waals surface area contributed by atoms with Gasteiger partial charge in [0.05, 0.1) is 6.61 Å². The van der Waals surface area contributed by atoms with Crippen LogP contribution in [-0.4, -0.2) is 31.4 Å². The number of aryl methyl sites for hydroxylation is 1. The maximum absolute atomic E-state index is 4.99. The number of nitrogens with zero attached hydrogens (tertiary/aromatic N) is 1. The van der Waals surface area contributed by atoms with Gasteiger partial charge in [-0.05, 0) is 37.2 Å². The van der Waals surface area contributed by atoms with Crippen molar-refractivity contribution in [2.75, 3.05) is 26.8 Å². The zero-order valence-electron chi connectivity index (χ0n) is 10.7. The van der Waals surface area contributed by atoms with Crippen molar-refractivity contribution in [1.82, 2.24) is 9.88 Å². The summed E-state index contributed by atoms with van der Waals surface area (Å²) in [5.74, 6) is 0. The van der Waals surface area contributed by atoms with Crippen LogP contribution in [0.5, 0.6) is 0 Å². The van der Waals surface area contributed by atoms with Gasteiger partial charge in [-0.3, -0.25) is 0 Å². The van der Waals surface area contributed by atoms with Gasteiger partial charge in [0, 0.05) is 41.8 Å². The fourth-order valence-electron chi connectivity index (χ4n) is 2.04. The van der Waals surface area contributed by atoms with Crippen LogP contribution in [0, 0.1) is 0 Å². The molecule has 1 aromatic heterocycles. The highest BCUT2D eigenvalue weighted by atomic mass is 79.9. The van der Waals surface area contributed by atoms with E-state index in [-0.39, 0.29) is 0 Å². The van der Waals surface area contributed by atoms with Gasteiger partial charge in [-0.15, -0.1) is 0 Å². The van der Waals surface area contributed by atoms with E-state index in [1.165, 1.54) is 10.9 Å². The Hall–Kier alpha value is -0.840. The number of hydrogen-bond donors (Lipinski definition) is 1. The number of benzene rings is 1. The van der Waals surface area contributed by atoms with E-state index in [0.717, 1.165) is 37.1 Å². The minimum Gasteiger partial charge on any atom is -0.383 e. The summed E-state index contributed by atoms with van der Waals surface area (Å²) in [6.07, 6.45) is 3.29. The van der Waals surface area contributed by atoms with Crippen LogP contribution in [0.25, 0.3) is 10.9 Å². The highest BCUT2D eigenvalue weighted by molar-refractivity contribution is 9.10. The molecule has 0 atom stereocenters. The van der Waals surface area contributed by atoms with Gasteiger partial charge >= 0.3 is 0 Å². The molecule has 3 nitrogen and oxygen atoms in total. The van der Waals surface area contributed by atoms with Crippen LogP contribution in [0.4, 0.5) is 0 Å². The number of nitrogens with one attached hydrogen (secondary N) is 1. The lowest BCUT2D eigenvalue weighted by molar-refractivity contribution is 0.199. The minimum absolute atomic E-state index is 0.778. The molecule has 0 saturated carbocycles. The first kappa shape index (κ1) is 13.6. The Labute approximate surface area is 116 Å². The Morgan fingerprint density at radius 2 is 2.17 bits per heavy atom. The average molecular weight is 311 g/mol. The highest BCUT2D eigenvalue weighted by Gasteiger charge is 2.00. The molecule has 2 rings (SSSR count). The van der Waals surface area contributed by atoms with Gasteiger partial charge in [-0.1, -0.05) is 15.9 Å². The molecule has 0 aliphatic rings. The number of hydrogen-bond acceptors (Lipinski definition) is 2. The molecule has 1 heterocycles. The van der Waals surface area contributed by atoms with Crippen LogP contribution in [-0.2, 0) is 11.3 Å². The van der Waals surface area contributed by atoms with Crippen LogP contribution in [0.15, 0.2) is 34.9 Å². The Morgan fingerprint density at radius 3 is 3.00 bits per heavy atom. The van der Waals surface area contributed by atoms with Crippen molar-refractivity contribution >= 4 is 26.8 Å². The number of fused-ring (bicyclic) bond motifs is 1. The molecule has 0 spiro atoms. The second kappa shape index (κ2) is 6.92. The van der Waals surface area contributed by atoms with Gasteiger partial charge in [-0.25, -0.2) is 0 Å². The van der Waals surface area contributed by atoms with Gasteiger partial charge in [0.25, 0.3) is 0 Å². The van der Waals surface area contributed by atoms with Crippen molar-refractivity contribution in [3.8, 4) is 0 Å². The lowest BCUT2D eigenvalue weighted by Crippen LogP contribution is -2.21. The molecular formula is C14H19BrN2O. The second-order valence-electron chi connectivity index (χ2n) is 4.31. The molecule has 18 heavy (non-hydrogen) atoms. The van der Waals surface area contributed by atoms with Crippen molar-refractivity contribution < 1.29 is 4.74 Å². The smallest absolute Gasteiger partial charge is 0.0587 e. The summed E-state index contributed by atoms with van der Waals surface area (Å²) < 4.78 is 8.43. The normalized spacial score (nSPS) is 11.2. The van der Waals surface area contributed by atoms with Crippen LogP contribution >= 0.6 is 15.9 Å².